The number of amides is 1. The fourth-order valence-electron chi connectivity index (χ4n) is 3.51. The minimum Gasteiger partial charge on any atom is -0.378 e. The third-order valence-corrected chi connectivity index (χ3v) is 7.12. The van der Waals surface area contributed by atoms with E-state index in [2.05, 4.69) is 46.0 Å². The molecule has 3 aromatic rings. The number of carbonyl (C=O) groups is 1. The van der Waals surface area contributed by atoms with Crippen molar-refractivity contribution in [1.82, 2.24) is 14.8 Å². The number of anilines is 2. The summed E-state index contributed by atoms with van der Waals surface area (Å²) in [5.41, 5.74) is 2.94. The van der Waals surface area contributed by atoms with Gasteiger partial charge in [0.05, 0.1) is 30.3 Å². The summed E-state index contributed by atoms with van der Waals surface area (Å²) < 4.78 is 7.55. The van der Waals surface area contributed by atoms with E-state index in [9.17, 15) is 4.79 Å². The predicted octanol–water partition coefficient (Wildman–Crippen LogP) is 4.42. The van der Waals surface area contributed by atoms with E-state index in [1.807, 2.05) is 47.0 Å². The number of para-hydroxylation sites is 2. The maximum atomic E-state index is 12.8. The number of thioether (sulfide) groups is 2. The number of hydrogen-bond acceptors (Lipinski definition) is 7. The maximum Gasteiger partial charge on any atom is 0.234 e. The number of ether oxygens (including phenoxy) is 1. The van der Waals surface area contributed by atoms with E-state index in [-0.39, 0.29) is 11.7 Å². The van der Waals surface area contributed by atoms with Crippen LogP contribution in [0.4, 0.5) is 11.6 Å². The van der Waals surface area contributed by atoms with Gasteiger partial charge in [-0.2, -0.15) is 0 Å². The molecule has 2 aromatic carbocycles. The highest BCUT2D eigenvalue weighted by Gasteiger charge is 2.23. The Balaban J connectivity index is 1.53. The summed E-state index contributed by atoms with van der Waals surface area (Å²) in [5, 5.41) is 12.7. The Hall–Kier alpha value is -2.75. The Bertz CT molecular complexity index is 1110. The number of nitrogens with zero attached hydrogens (tertiary/aromatic N) is 4. The minimum atomic E-state index is -0.0843. The maximum absolute atomic E-state index is 12.8. The largest absolute Gasteiger partial charge is 0.378 e. The summed E-state index contributed by atoms with van der Waals surface area (Å²) in [6.07, 6.45) is 1.85. The van der Waals surface area contributed by atoms with Gasteiger partial charge in [0.25, 0.3) is 0 Å². The van der Waals surface area contributed by atoms with Crippen LogP contribution < -0.4 is 10.2 Å². The molecule has 0 unspecified atom stereocenters. The van der Waals surface area contributed by atoms with Gasteiger partial charge in [-0.05, 0) is 30.7 Å². The molecule has 1 aliphatic heterocycles. The van der Waals surface area contributed by atoms with Crippen molar-refractivity contribution in [3.8, 4) is 5.69 Å². The van der Waals surface area contributed by atoms with Gasteiger partial charge in [-0.15, -0.1) is 28.5 Å². The first-order valence-corrected chi connectivity index (χ1v) is 12.7. The molecular weight excluding hydrogens is 454 g/mol. The van der Waals surface area contributed by atoms with Gasteiger partial charge in [0.2, 0.25) is 11.9 Å². The first-order chi connectivity index (χ1) is 16.2. The normalized spacial score (nSPS) is 13.7. The summed E-state index contributed by atoms with van der Waals surface area (Å²) >= 11 is 3.03. The third-order valence-electron chi connectivity index (χ3n) is 5.12. The molecule has 1 N–H and O–H groups in total. The van der Waals surface area contributed by atoms with Crippen LogP contribution >= 0.6 is 23.5 Å². The van der Waals surface area contributed by atoms with E-state index in [4.69, 9.17) is 4.74 Å². The van der Waals surface area contributed by atoms with E-state index < -0.39 is 0 Å². The number of carbonyl (C=O) groups excluding carboxylic acids is 1. The zero-order chi connectivity index (χ0) is 23.0. The van der Waals surface area contributed by atoms with Gasteiger partial charge in [0, 0.05) is 23.7 Å². The summed E-state index contributed by atoms with van der Waals surface area (Å²) in [4.78, 5) is 16.0. The zero-order valence-electron chi connectivity index (χ0n) is 18.6. The molecule has 0 bridgehead atoms. The number of aromatic nitrogens is 3. The van der Waals surface area contributed by atoms with Gasteiger partial charge in [0.1, 0.15) is 0 Å². The lowest BCUT2D eigenvalue weighted by atomic mass is 10.2. The Morgan fingerprint density at radius 2 is 1.88 bits per heavy atom. The first kappa shape index (κ1) is 23.4. The minimum absolute atomic E-state index is 0.0843. The quantitative estimate of drug-likeness (QED) is 0.358. The van der Waals surface area contributed by atoms with Crippen LogP contribution in [0.5, 0.6) is 0 Å². The second-order valence-corrected chi connectivity index (χ2v) is 9.44. The van der Waals surface area contributed by atoms with Crippen LogP contribution in [0.2, 0.25) is 0 Å². The molecule has 1 saturated heterocycles. The predicted molar refractivity (Wildman–Crippen MR) is 136 cm³/mol. The van der Waals surface area contributed by atoms with Crippen LogP contribution in [-0.4, -0.2) is 58.5 Å². The van der Waals surface area contributed by atoms with Crippen LogP contribution in [0, 0.1) is 6.92 Å². The molecule has 2 heterocycles. The van der Waals surface area contributed by atoms with Gasteiger partial charge in [-0.3, -0.25) is 9.36 Å². The topological polar surface area (TPSA) is 72.3 Å². The van der Waals surface area contributed by atoms with Crippen LogP contribution in [0.15, 0.2) is 71.2 Å². The second-order valence-electron chi connectivity index (χ2n) is 7.44. The van der Waals surface area contributed by atoms with Crippen molar-refractivity contribution in [1.29, 1.82) is 0 Å². The lowest BCUT2D eigenvalue weighted by Crippen LogP contribution is -2.38. The zero-order valence-corrected chi connectivity index (χ0v) is 20.2. The molecular formula is C24H27N5O2S2. The lowest BCUT2D eigenvalue weighted by molar-refractivity contribution is -0.113. The molecule has 0 saturated carbocycles. The lowest BCUT2D eigenvalue weighted by Gasteiger charge is -2.28. The van der Waals surface area contributed by atoms with Gasteiger partial charge >= 0.3 is 0 Å². The Kier molecular flexibility index (Phi) is 8.09. The molecule has 1 aliphatic rings. The van der Waals surface area contributed by atoms with E-state index in [0.717, 1.165) is 46.6 Å². The summed E-state index contributed by atoms with van der Waals surface area (Å²) in [7, 11) is 0. The van der Waals surface area contributed by atoms with Crippen molar-refractivity contribution in [3.05, 3.63) is 66.7 Å². The van der Waals surface area contributed by atoms with Crippen molar-refractivity contribution in [2.45, 2.75) is 17.0 Å². The summed E-state index contributed by atoms with van der Waals surface area (Å²) in [6.45, 7) is 8.67. The first-order valence-electron chi connectivity index (χ1n) is 10.8. The van der Waals surface area contributed by atoms with E-state index in [0.29, 0.717) is 18.4 Å². The number of benzene rings is 2. The molecule has 1 amide bonds. The van der Waals surface area contributed by atoms with Crippen molar-refractivity contribution < 1.29 is 9.53 Å². The van der Waals surface area contributed by atoms with Crippen molar-refractivity contribution in [3.63, 3.8) is 0 Å². The van der Waals surface area contributed by atoms with Crippen molar-refractivity contribution in [2.24, 2.45) is 0 Å². The van der Waals surface area contributed by atoms with Crippen LogP contribution in [0.3, 0.4) is 0 Å². The van der Waals surface area contributed by atoms with Crippen molar-refractivity contribution >= 4 is 41.1 Å². The summed E-state index contributed by atoms with van der Waals surface area (Å²) in [5.74, 6) is 1.71. The molecule has 1 fully saturated rings. The number of hydrogen-bond donors (Lipinski definition) is 1. The Labute approximate surface area is 202 Å². The molecule has 0 radical (unpaired) electrons. The molecule has 0 atom stereocenters. The molecule has 33 heavy (non-hydrogen) atoms. The van der Waals surface area contributed by atoms with Crippen LogP contribution in [-0.2, 0) is 9.53 Å². The highest BCUT2D eigenvalue weighted by Crippen LogP contribution is 2.30. The third kappa shape index (κ3) is 5.79. The monoisotopic (exact) mass is 481 g/mol. The van der Waals surface area contributed by atoms with E-state index in [1.165, 1.54) is 11.8 Å². The van der Waals surface area contributed by atoms with Gasteiger partial charge < -0.3 is 15.0 Å². The summed E-state index contributed by atoms with van der Waals surface area (Å²) in [6, 6.07) is 15.9. The molecule has 4 rings (SSSR count). The standard InChI is InChI=1S/C24H27N5O2S2/c1-3-16-32-21-11-7-5-9-19(21)25-22(30)17-33-24-27-26-23(28-12-14-31-15-13-28)29(24)20-10-6-4-8-18(20)2/h3-11H,1,12-17H2,2H3,(H,25,30). The van der Waals surface area contributed by atoms with Crippen LogP contribution in [0.25, 0.3) is 5.69 Å². The molecule has 0 spiro atoms. The molecule has 1 aromatic heterocycles. The average molecular weight is 482 g/mol. The van der Waals surface area contributed by atoms with Gasteiger partial charge in [-0.25, -0.2) is 0 Å². The highest BCUT2D eigenvalue weighted by atomic mass is 32.2. The second kappa shape index (κ2) is 11.4. The highest BCUT2D eigenvalue weighted by molar-refractivity contribution is 8.00. The fourth-order valence-corrected chi connectivity index (χ4v) is 5.00. The van der Waals surface area contributed by atoms with Gasteiger partial charge in [-0.1, -0.05) is 48.2 Å². The Morgan fingerprint density at radius 3 is 2.67 bits per heavy atom. The molecule has 9 heteroatoms. The SMILES string of the molecule is C=CCSc1ccccc1NC(=O)CSc1nnc(N2CCOCC2)n1-c1ccccc1C. The fraction of sp³-hybridized carbons (Fsp3) is 0.292. The Morgan fingerprint density at radius 1 is 1.12 bits per heavy atom. The van der Waals surface area contributed by atoms with E-state index >= 15 is 0 Å². The average Bonchev–Trinajstić information content (AvgIpc) is 3.27. The number of rotatable bonds is 9. The molecule has 0 aliphatic carbocycles. The van der Waals surface area contributed by atoms with Crippen LogP contribution in [0.1, 0.15) is 5.56 Å². The molecule has 7 nitrogen and oxygen atoms in total. The number of aryl methyl sites for hydroxylation is 1. The number of nitrogens with one attached hydrogen (secondary N) is 1. The van der Waals surface area contributed by atoms with Crippen molar-refractivity contribution in [2.75, 3.05) is 48.0 Å². The molecule has 172 valence electrons. The van der Waals surface area contributed by atoms with Gasteiger partial charge in [0.15, 0.2) is 5.16 Å². The number of morpholine rings is 1. The van der Waals surface area contributed by atoms with E-state index in [1.54, 1.807) is 11.8 Å². The smallest absolute Gasteiger partial charge is 0.234 e.